The molecule has 2 amide bonds. The zero-order chi connectivity index (χ0) is 34.0. The minimum absolute atomic E-state index is 0.0548. The number of nitrogens with zero attached hydrogens (tertiary/aromatic N) is 2. The van der Waals surface area contributed by atoms with E-state index >= 15 is 0 Å². The number of nitro benzene ring substituents is 1. The Labute approximate surface area is 279 Å². The Balaban J connectivity index is 0.00000179. The smallest absolute Gasteiger partial charge is 0.268 e. The summed E-state index contributed by atoms with van der Waals surface area (Å²) in [6.07, 6.45) is 0. The van der Waals surface area contributed by atoms with Gasteiger partial charge in [-0.15, -0.1) is 0 Å². The fourth-order valence-corrected chi connectivity index (χ4v) is 7.56. The van der Waals surface area contributed by atoms with Gasteiger partial charge in [0.2, 0.25) is 0 Å². The number of benzene rings is 7. The molecule has 238 valence electrons. The third-order valence-corrected chi connectivity index (χ3v) is 9.61. The molecule has 0 spiro atoms. The van der Waals surface area contributed by atoms with E-state index in [1.54, 1.807) is 12.1 Å². The molecule has 0 N–H and O–H groups in total. The summed E-state index contributed by atoms with van der Waals surface area (Å²) < 4.78 is 0. The second kappa shape index (κ2) is 11.6. The van der Waals surface area contributed by atoms with Crippen LogP contribution in [-0.2, 0) is 0 Å². The maximum Gasteiger partial charge on any atom is 0.277 e. The summed E-state index contributed by atoms with van der Waals surface area (Å²) >= 11 is 0. The van der Waals surface area contributed by atoms with Gasteiger partial charge in [-0.05, 0) is 84.4 Å². The highest BCUT2D eigenvalue weighted by Gasteiger charge is 2.38. The van der Waals surface area contributed by atoms with Gasteiger partial charge < -0.3 is 0 Å². The summed E-state index contributed by atoms with van der Waals surface area (Å²) in [6, 6.07) is 30.5. The fraction of sp³-hybridized carbons (Fsp3) is 0.190. The average molecular weight is 633 g/mol. The Kier molecular flexibility index (Phi) is 7.47. The zero-order valence-electron chi connectivity index (χ0n) is 27.9. The van der Waals surface area contributed by atoms with Crippen molar-refractivity contribution in [3.63, 3.8) is 0 Å². The molecule has 0 saturated carbocycles. The SMILES string of the molecule is CC.CC(C)c1cccc(C(C)C)c1N1C(=O)c2ccc3c4cccc5c(-c6ccccc6[N+](=O)[O-])ccc(c6ccc(c2c36)C1=O)c54. The van der Waals surface area contributed by atoms with E-state index in [2.05, 4.69) is 33.8 Å². The number of imide groups is 1. The number of amides is 2. The molecule has 0 fully saturated rings. The van der Waals surface area contributed by atoms with E-state index < -0.39 is 0 Å². The van der Waals surface area contributed by atoms with Crippen LogP contribution in [0.4, 0.5) is 11.4 Å². The molecule has 6 nitrogen and oxygen atoms in total. The molecule has 8 rings (SSSR count). The van der Waals surface area contributed by atoms with Crippen molar-refractivity contribution in [1.29, 1.82) is 0 Å². The molecule has 0 aromatic heterocycles. The first-order chi connectivity index (χ1) is 23.2. The predicted octanol–water partition coefficient (Wildman–Crippen LogP) is 11.4. The Morgan fingerprint density at radius 3 is 1.56 bits per heavy atom. The highest BCUT2D eigenvalue weighted by molar-refractivity contribution is 6.42. The molecule has 1 aliphatic heterocycles. The molecule has 1 aliphatic rings. The van der Waals surface area contributed by atoms with Crippen molar-refractivity contribution in [3.8, 4) is 11.1 Å². The number of anilines is 1. The van der Waals surface area contributed by atoms with Gasteiger partial charge in [0.15, 0.2) is 0 Å². The summed E-state index contributed by atoms with van der Waals surface area (Å²) in [5, 5.41) is 19.2. The quantitative estimate of drug-likeness (QED) is 0.0621. The number of carbonyl (C=O) groups excluding carboxylic acids is 2. The molecule has 0 aliphatic carbocycles. The van der Waals surface area contributed by atoms with E-state index in [-0.39, 0.29) is 34.3 Å². The second-order valence-electron chi connectivity index (χ2n) is 12.8. The minimum Gasteiger partial charge on any atom is -0.268 e. The van der Waals surface area contributed by atoms with Crippen molar-refractivity contribution >= 4 is 66.3 Å². The maximum atomic E-state index is 14.5. The van der Waals surface area contributed by atoms with Crippen LogP contribution >= 0.6 is 0 Å². The lowest BCUT2D eigenvalue weighted by Crippen LogP contribution is -2.41. The zero-order valence-corrected chi connectivity index (χ0v) is 27.9. The Bertz CT molecular complexity index is 2360. The fourth-order valence-electron chi connectivity index (χ4n) is 7.56. The van der Waals surface area contributed by atoms with Crippen LogP contribution in [0.5, 0.6) is 0 Å². The number of carbonyl (C=O) groups is 2. The number of nitro groups is 1. The minimum atomic E-state index is -0.344. The summed E-state index contributed by atoms with van der Waals surface area (Å²) in [5.74, 6) is -0.394. The van der Waals surface area contributed by atoms with Crippen LogP contribution in [-0.4, -0.2) is 16.7 Å². The Morgan fingerprint density at radius 2 is 1.00 bits per heavy atom. The molecule has 48 heavy (non-hydrogen) atoms. The van der Waals surface area contributed by atoms with Crippen molar-refractivity contribution < 1.29 is 14.5 Å². The number of hydrogen-bond donors (Lipinski definition) is 0. The van der Waals surface area contributed by atoms with Crippen LogP contribution in [0.1, 0.15) is 85.2 Å². The first-order valence-corrected chi connectivity index (χ1v) is 16.6. The van der Waals surface area contributed by atoms with Crippen molar-refractivity contribution in [2.24, 2.45) is 0 Å². The molecule has 6 heteroatoms. The molecule has 0 atom stereocenters. The Morgan fingerprint density at radius 1 is 0.521 bits per heavy atom. The summed E-state index contributed by atoms with van der Waals surface area (Å²) in [6.45, 7) is 12.3. The van der Waals surface area contributed by atoms with Crippen LogP contribution in [0.15, 0.2) is 97.1 Å². The third kappa shape index (κ3) is 4.32. The van der Waals surface area contributed by atoms with Crippen molar-refractivity contribution in [3.05, 3.63) is 129 Å². The van der Waals surface area contributed by atoms with Gasteiger partial charge in [0.1, 0.15) is 0 Å². The Hall–Kier alpha value is -5.62. The maximum absolute atomic E-state index is 14.5. The van der Waals surface area contributed by atoms with Crippen LogP contribution in [0.2, 0.25) is 0 Å². The summed E-state index contributed by atoms with van der Waals surface area (Å²) in [7, 11) is 0. The molecule has 1 heterocycles. The molecule has 7 aromatic rings. The van der Waals surface area contributed by atoms with Crippen LogP contribution < -0.4 is 4.90 Å². The van der Waals surface area contributed by atoms with E-state index in [1.165, 1.54) is 11.0 Å². The lowest BCUT2D eigenvalue weighted by atomic mass is 9.83. The van der Waals surface area contributed by atoms with Crippen molar-refractivity contribution in [1.82, 2.24) is 0 Å². The highest BCUT2D eigenvalue weighted by Crippen LogP contribution is 2.47. The van der Waals surface area contributed by atoms with E-state index in [0.29, 0.717) is 27.8 Å². The molecule has 0 saturated heterocycles. The largest absolute Gasteiger partial charge is 0.277 e. The van der Waals surface area contributed by atoms with Gasteiger partial charge in [-0.25, -0.2) is 4.90 Å². The molecule has 0 unspecified atom stereocenters. The molecule has 0 bridgehead atoms. The van der Waals surface area contributed by atoms with E-state index in [4.69, 9.17) is 0 Å². The van der Waals surface area contributed by atoms with Gasteiger partial charge >= 0.3 is 0 Å². The van der Waals surface area contributed by atoms with Crippen molar-refractivity contribution in [2.75, 3.05) is 4.90 Å². The standard InChI is InChI=1S/C40H30N2O4.C2H6/c1-21(2)23-10-7-11-24(22(3)4)38(23)41-39(43)32-19-17-30-28-13-8-12-27-25(26-9-5-6-14-34(26)42(45)46)15-16-29(35(27)28)31-18-20-33(40(41)44)37(32)36(30)31;1-2/h5-22H,1-4H3;1-2H3. The van der Waals surface area contributed by atoms with Gasteiger partial charge in [0.05, 0.1) is 16.2 Å². The van der Waals surface area contributed by atoms with Gasteiger partial charge in [0, 0.05) is 22.6 Å². The highest BCUT2D eigenvalue weighted by atomic mass is 16.6. The average Bonchev–Trinajstić information content (AvgIpc) is 3.10. The van der Waals surface area contributed by atoms with Gasteiger partial charge in [-0.1, -0.05) is 114 Å². The number of para-hydroxylation sites is 2. The predicted molar refractivity (Wildman–Crippen MR) is 197 cm³/mol. The number of rotatable bonds is 5. The second-order valence-corrected chi connectivity index (χ2v) is 12.8. The summed E-state index contributed by atoms with van der Waals surface area (Å²) in [5.41, 5.74) is 5.05. The van der Waals surface area contributed by atoms with Crippen molar-refractivity contribution in [2.45, 2.75) is 53.4 Å². The normalized spacial score (nSPS) is 13.0. The number of hydrogen-bond acceptors (Lipinski definition) is 4. The molecular formula is C42H36N2O4. The topological polar surface area (TPSA) is 80.5 Å². The molecule has 0 radical (unpaired) electrons. The van der Waals surface area contributed by atoms with E-state index in [1.807, 2.05) is 86.6 Å². The molecular weight excluding hydrogens is 596 g/mol. The van der Waals surface area contributed by atoms with Gasteiger partial charge in [-0.3, -0.25) is 19.7 Å². The third-order valence-electron chi connectivity index (χ3n) is 9.61. The first kappa shape index (κ1) is 31.0. The van der Waals surface area contributed by atoms with E-state index in [0.717, 1.165) is 54.4 Å². The van der Waals surface area contributed by atoms with Crippen LogP contribution in [0.3, 0.4) is 0 Å². The van der Waals surface area contributed by atoms with Gasteiger partial charge in [-0.2, -0.15) is 0 Å². The summed E-state index contributed by atoms with van der Waals surface area (Å²) in [4.78, 5) is 41.9. The molecule has 7 aromatic carbocycles. The number of fused-ring (bicyclic) bond motifs is 2. The van der Waals surface area contributed by atoms with Crippen LogP contribution in [0.25, 0.3) is 54.2 Å². The van der Waals surface area contributed by atoms with Gasteiger partial charge in [0.25, 0.3) is 17.5 Å². The van der Waals surface area contributed by atoms with Crippen LogP contribution in [0, 0.1) is 10.1 Å². The lowest BCUT2D eigenvalue weighted by molar-refractivity contribution is -0.384. The monoisotopic (exact) mass is 632 g/mol. The lowest BCUT2D eigenvalue weighted by Gasteiger charge is -2.32. The van der Waals surface area contributed by atoms with E-state index in [9.17, 15) is 19.7 Å². The first-order valence-electron chi connectivity index (χ1n) is 16.6.